The summed E-state index contributed by atoms with van der Waals surface area (Å²) in [6.45, 7) is 5.95. The first-order valence-electron chi connectivity index (χ1n) is 4.45. The van der Waals surface area contributed by atoms with Crippen LogP contribution in [0, 0.1) is 17.0 Å². The second-order valence-corrected chi connectivity index (χ2v) is 3.09. The Morgan fingerprint density at radius 3 is 2.60 bits per heavy atom. The molecule has 0 aliphatic heterocycles. The largest absolute Gasteiger partial charge is 0.489 e. The molecule has 0 atom stereocenters. The van der Waals surface area contributed by atoms with Gasteiger partial charge in [-0.25, -0.2) is 0 Å². The number of rotatable bonds is 4. The number of nitro benzene ring substituents is 1. The van der Waals surface area contributed by atoms with Crippen LogP contribution < -0.4 is 4.74 Å². The van der Waals surface area contributed by atoms with Gasteiger partial charge in [0.2, 0.25) is 0 Å². The Hall–Kier alpha value is -1.84. The molecule has 1 aromatic rings. The van der Waals surface area contributed by atoms with Crippen molar-refractivity contribution in [2.45, 2.75) is 6.92 Å². The number of hydrogen-bond acceptors (Lipinski definition) is 3. The van der Waals surface area contributed by atoms with Gasteiger partial charge in [0.15, 0.2) is 0 Å². The van der Waals surface area contributed by atoms with E-state index in [0.717, 1.165) is 5.57 Å². The number of nitrogens with zero attached hydrogens (tertiary/aromatic N) is 1. The molecule has 1 radical (unpaired) electrons. The van der Waals surface area contributed by atoms with E-state index in [-0.39, 0.29) is 5.69 Å². The van der Waals surface area contributed by atoms with E-state index in [1.54, 1.807) is 18.2 Å². The smallest absolute Gasteiger partial charge is 0.269 e. The molecule has 0 N–H and O–H groups in total. The predicted molar refractivity (Wildman–Crippen MR) is 57.7 cm³/mol. The Bertz CT molecular complexity index is 368. The van der Waals surface area contributed by atoms with Crippen LogP contribution in [0.5, 0.6) is 5.75 Å². The first-order chi connectivity index (χ1) is 7.13. The zero-order chi connectivity index (χ0) is 11.3. The maximum Gasteiger partial charge on any atom is 0.269 e. The number of non-ortho nitro benzene ring substituents is 1. The monoisotopic (exact) mass is 206 g/mol. The molecule has 1 rings (SSSR count). The van der Waals surface area contributed by atoms with Crippen molar-refractivity contribution in [3.05, 3.63) is 53.0 Å². The van der Waals surface area contributed by atoms with Crippen LogP contribution in [0.3, 0.4) is 0 Å². The molecule has 15 heavy (non-hydrogen) atoms. The second kappa shape index (κ2) is 5.14. The van der Waals surface area contributed by atoms with Crippen molar-refractivity contribution in [3.63, 3.8) is 0 Å². The van der Waals surface area contributed by atoms with Crippen molar-refractivity contribution in [3.8, 4) is 5.75 Å². The number of hydrogen-bond donors (Lipinski definition) is 0. The summed E-state index contributed by atoms with van der Waals surface area (Å²) < 4.78 is 5.36. The molecule has 0 heterocycles. The maximum atomic E-state index is 10.4. The van der Waals surface area contributed by atoms with Gasteiger partial charge < -0.3 is 4.74 Å². The highest BCUT2D eigenvalue weighted by Gasteiger charge is 2.03. The van der Waals surface area contributed by atoms with E-state index >= 15 is 0 Å². The van der Waals surface area contributed by atoms with Crippen LogP contribution in [0.15, 0.2) is 35.9 Å². The lowest BCUT2D eigenvalue weighted by Gasteiger charge is -2.05. The summed E-state index contributed by atoms with van der Waals surface area (Å²) in [6.07, 6.45) is 1.71. The van der Waals surface area contributed by atoms with Gasteiger partial charge in [-0.2, -0.15) is 0 Å². The molecular weight excluding hydrogens is 194 g/mol. The van der Waals surface area contributed by atoms with Crippen LogP contribution >= 0.6 is 0 Å². The second-order valence-electron chi connectivity index (χ2n) is 3.09. The third-order valence-corrected chi connectivity index (χ3v) is 1.86. The van der Waals surface area contributed by atoms with Gasteiger partial charge in [0.25, 0.3) is 5.69 Å². The van der Waals surface area contributed by atoms with E-state index in [0.29, 0.717) is 12.4 Å². The van der Waals surface area contributed by atoms with E-state index in [2.05, 4.69) is 6.92 Å². The highest BCUT2D eigenvalue weighted by atomic mass is 16.6. The van der Waals surface area contributed by atoms with E-state index in [9.17, 15) is 10.1 Å². The van der Waals surface area contributed by atoms with Gasteiger partial charge >= 0.3 is 0 Å². The molecule has 0 spiro atoms. The number of allylic oxidation sites excluding steroid dienone is 1. The molecule has 79 valence electrons. The van der Waals surface area contributed by atoms with Crippen LogP contribution in [0.2, 0.25) is 0 Å². The van der Waals surface area contributed by atoms with Crippen LogP contribution in [0.25, 0.3) is 0 Å². The Labute approximate surface area is 88.3 Å². The molecule has 4 heteroatoms. The van der Waals surface area contributed by atoms with Crippen molar-refractivity contribution < 1.29 is 9.66 Å². The van der Waals surface area contributed by atoms with Crippen LogP contribution in [0.1, 0.15) is 6.92 Å². The van der Waals surface area contributed by atoms with E-state index in [1.807, 2.05) is 6.92 Å². The first-order valence-corrected chi connectivity index (χ1v) is 4.45. The normalized spacial score (nSPS) is 11.2. The Morgan fingerprint density at radius 1 is 1.53 bits per heavy atom. The van der Waals surface area contributed by atoms with Gasteiger partial charge in [0, 0.05) is 12.1 Å². The predicted octanol–water partition coefficient (Wildman–Crippen LogP) is 2.75. The topological polar surface area (TPSA) is 52.4 Å². The molecule has 1 aromatic carbocycles. The van der Waals surface area contributed by atoms with Gasteiger partial charge in [-0.3, -0.25) is 10.1 Å². The van der Waals surface area contributed by atoms with Crippen LogP contribution in [-0.4, -0.2) is 11.5 Å². The quantitative estimate of drug-likeness (QED) is 0.562. The van der Waals surface area contributed by atoms with Crippen LogP contribution in [-0.2, 0) is 0 Å². The minimum atomic E-state index is -0.440. The SMILES string of the molecule is [CH2]C=C(C)COc1ccc([N+](=O)[O-])cc1. The third kappa shape index (κ3) is 3.42. The number of ether oxygens (including phenoxy) is 1. The summed E-state index contributed by atoms with van der Waals surface area (Å²) in [6, 6.07) is 5.99. The summed E-state index contributed by atoms with van der Waals surface area (Å²) in [5, 5.41) is 10.4. The minimum Gasteiger partial charge on any atom is -0.489 e. The summed E-state index contributed by atoms with van der Waals surface area (Å²) in [5.74, 6) is 0.613. The molecule has 0 aromatic heterocycles. The summed E-state index contributed by atoms with van der Waals surface area (Å²) >= 11 is 0. The molecule has 0 saturated carbocycles. The van der Waals surface area contributed by atoms with Crippen molar-refractivity contribution in [2.75, 3.05) is 6.61 Å². The molecule has 0 bridgehead atoms. The standard InChI is InChI=1S/C11H12NO3/c1-3-9(2)8-15-11-6-4-10(5-7-11)12(13)14/h3-7H,1,8H2,2H3. The zero-order valence-electron chi connectivity index (χ0n) is 8.47. The minimum absolute atomic E-state index is 0.0618. The Balaban J connectivity index is 2.61. The molecule has 0 amide bonds. The van der Waals surface area contributed by atoms with E-state index in [1.165, 1.54) is 12.1 Å². The molecule has 0 saturated heterocycles. The molecule has 0 aliphatic carbocycles. The maximum absolute atomic E-state index is 10.4. The highest BCUT2D eigenvalue weighted by Crippen LogP contribution is 2.17. The summed E-state index contributed by atoms with van der Waals surface area (Å²) in [7, 11) is 0. The molecule has 0 aliphatic rings. The van der Waals surface area contributed by atoms with Gasteiger partial charge in [0.1, 0.15) is 12.4 Å². The lowest BCUT2D eigenvalue weighted by molar-refractivity contribution is -0.384. The summed E-state index contributed by atoms with van der Waals surface area (Å²) in [4.78, 5) is 9.93. The fourth-order valence-electron chi connectivity index (χ4n) is 0.920. The van der Waals surface area contributed by atoms with Gasteiger partial charge in [0.05, 0.1) is 4.92 Å². The average Bonchev–Trinajstić information content (AvgIpc) is 2.26. The first kappa shape index (κ1) is 11.2. The number of benzene rings is 1. The number of nitro groups is 1. The Morgan fingerprint density at radius 2 is 2.13 bits per heavy atom. The van der Waals surface area contributed by atoms with Crippen molar-refractivity contribution >= 4 is 5.69 Å². The van der Waals surface area contributed by atoms with Crippen molar-refractivity contribution in [2.24, 2.45) is 0 Å². The fraction of sp³-hybridized carbons (Fsp3) is 0.182. The lowest BCUT2D eigenvalue weighted by atomic mass is 10.3. The van der Waals surface area contributed by atoms with Crippen molar-refractivity contribution in [1.29, 1.82) is 0 Å². The molecular formula is C11H12NO3. The van der Waals surface area contributed by atoms with E-state index in [4.69, 9.17) is 4.74 Å². The third-order valence-electron chi connectivity index (χ3n) is 1.86. The van der Waals surface area contributed by atoms with Crippen LogP contribution in [0.4, 0.5) is 5.69 Å². The molecule has 0 unspecified atom stereocenters. The molecule has 0 fully saturated rings. The lowest BCUT2D eigenvalue weighted by Crippen LogP contribution is -1.98. The highest BCUT2D eigenvalue weighted by molar-refractivity contribution is 5.36. The Kier molecular flexibility index (Phi) is 3.85. The van der Waals surface area contributed by atoms with Crippen molar-refractivity contribution in [1.82, 2.24) is 0 Å². The summed E-state index contributed by atoms with van der Waals surface area (Å²) in [5.41, 5.74) is 1.07. The van der Waals surface area contributed by atoms with Gasteiger partial charge in [-0.1, -0.05) is 6.08 Å². The van der Waals surface area contributed by atoms with Gasteiger partial charge in [-0.05, 0) is 31.6 Å². The molecule has 4 nitrogen and oxygen atoms in total. The fourth-order valence-corrected chi connectivity index (χ4v) is 0.920. The average molecular weight is 206 g/mol. The van der Waals surface area contributed by atoms with E-state index < -0.39 is 4.92 Å². The van der Waals surface area contributed by atoms with Gasteiger partial charge in [-0.15, -0.1) is 0 Å². The zero-order valence-corrected chi connectivity index (χ0v) is 8.47.